The van der Waals surface area contributed by atoms with Crippen molar-refractivity contribution < 1.29 is 17.6 Å². The van der Waals surface area contributed by atoms with Crippen molar-refractivity contribution >= 4 is 26.7 Å². The zero-order valence-electron chi connectivity index (χ0n) is 15.3. The zero-order chi connectivity index (χ0) is 19.4. The molecule has 142 valence electrons. The molecule has 6 nitrogen and oxygen atoms in total. The molecule has 1 N–H and O–H groups in total. The summed E-state index contributed by atoms with van der Waals surface area (Å²) in [6.07, 6.45) is 0.0724. The maximum absolute atomic E-state index is 12.5. The molecule has 0 bridgehead atoms. The van der Waals surface area contributed by atoms with Gasteiger partial charge >= 0.3 is 0 Å². The molecule has 7 heteroatoms. The molecule has 0 unspecified atom stereocenters. The average Bonchev–Trinajstić information content (AvgIpc) is 3.05. The molecule has 1 heterocycles. The van der Waals surface area contributed by atoms with Crippen molar-refractivity contribution in [3.05, 3.63) is 66.1 Å². The van der Waals surface area contributed by atoms with Crippen LogP contribution in [-0.2, 0) is 21.4 Å². The fraction of sp³-hybridized carbons (Fsp3) is 0.250. The molecule has 0 aliphatic heterocycles. The Morgan fingerprint density at radius 3 is 2.52 bits per heavy atom. The van der Waals surface area contributed by atoms with Gasteiger partial charge in [0.2, 0.25) is 15.9 Å². The number of aryl methyl sites for hydroxylation is 1. The molecule has 1 amide bonds. The van der Waals surface area contributed by atoms with Gasteiger partial charge in [0.15, 0.2) is 0 Å². The topological polar surface area (TPSA) is 79.6 Å². The van der Waals surface area contributed by atoms with Crippen molar-refractivity contribution in [2.75, 3.05) is 13.6 Å². The number of furan rings is 1. The molecule has 0 aliphatic rings. The van der Waals surface area contributed by atoms with Crippen molar-refractivity contribution in [3.63, 3.8) is 0 Å². The number of hydrogen-bond donors (Lipinski definition) is 1. The number of carbonyl (C=O) groups excluding carboxylic acids is 1. The van der Waals surface area contributed by atoms with E-state index in [0.29, 0.717) is 12.3 Å². The predicted octanol–water partition coefficient (Wildman–Crippen LogP) is 3.07. The summed E-state index contributed by atoms with van der Waals surface area (Å²) in [5.74, 6) is 1.32. The van der Waals surface area contributed by atoms with Gasteiger partial charge in [-0.15, -0.1) is 0 Å². The monoisotopic (exact) mass is 386 g/mol. The van der Waals surface area contributed by atoms with Gasteiger partial charge in [-0.05, 0) is 42.0 Å². The molecule has 0 atom stereocenters. The van der Waals surface area contributed by atoms with Crippen LogP contribution in [0.4, 0.5) is 0 Å². The number of nitrogens with zero attached hydrogens (tertiary/aromatic N) is 1. The fourth-order valence-corrected chi connectivity index (χ4v) is 3.86. The van der Waals surface area contributed by atoms with Gasteiger partial charge in [0.1, 0.15) is 11.5 Å². The first-order chi connectivity index (χ1) is 12.8. The Balaban J connectivity index is 1.57. The van der Waals surface area contributed by atoms with E-state index in [4.69, 9.17) is 4.42 Å². The van der Waals surface area contributed by atoms with E-state index in [2.05, 4.69) is 4.72 Å². The second-order valence-electron chi connectivity index (χ2n) is 6.42. The molecule has 0 radical (unpaired) electrons. The Morgan fingerprint density at radius 1 is 1.07 bits per heavy atom. The van der Waals surface area contributed by atoms with E-state index in [1.165, 1.54) is 4.90 Å². The normalized spacial score (nSPS) is 11.6. The lowest BCUT2D eigenvalue weighted by molar-refractivity contribution is -0.130. The first-order valence-corrected chi connectivity index (χ1v) is 10.1. The highest BCUT2D eigenvalue weighted by Gasteiger charge is 2.16. The number of amides is 1. The number of hydrogen-bond acceptors (Lipinski definition) is 4. The quantitative estimate of drug-likeness (QED) is 0.677. The van der Waals surface area contributed by atoms with Gasteiger partial charge in [-0.1, -0.05) is 30.3 Å². The van der Waals surface area contributed by atoms with E-state index in [1.807, 2.05) is 43.3 Å². The van der Waals surface area contributed by atoms with Gasteiger partial charge in [-0.2, -0.15) is 0 Å². The lowest BCUT2D eigenvalue weighted by Gasteiger charge is -2.16. The minimum absolute atomic E-state index is 0.0372. The van der Waals surface area contributed by atoms with E-state index in [0.717, 1.165) is 16.5 Å². The summed E-state index contributed by atoms with van der Waals surface area (Å²) in [6.45, 7) is 2.23. The third kappa shape index (κ3) is 4.75. The number of fused-ring (bicyclic) bond motifs is 1. The second kappa shape index (κ2) is 7.94. The largest absolute Gasteiger partial charge is 0.464 e. The van der Waals surface area contributed by atoms with Crippen molar-refractivity contribution in [3.8, 4) is 0 Å². The van der Waals surface area contributed by atoms with Crippen LogP contribution in [0.1, 0.15) is 17.9 Å². The third-order valence-electron chi connectivity index (χ3n) is 4.28. The van der Waals surface area contributed by atoms with Crippen LogP contribution in [0.2, 0.25) is 0 Å². The van der Waals surface area contributed by atoms with Crippen LogP contribution in [0.5, 0.6) is 0 Å². The Kier molecular flexibility index (Phi) is 5.62. The summed E-state index contributed by atoms with van der Waals surface area (Å²) in [7, 11) is -2.00. The van der Waals surface area contributed by atoms with Gasteiger partial charge in [0.25, 0.3) is 0 Å². The molecule has 0 spiro atoms. The van der Waals surface area contributed by atoms with Crippen LogP contribution in [0.15, 0.2) is 63.9 Å². The molecule has 0 saturated heterocycles. The van der Waals surface area contributed by atoms with Crippen LogP contribution >= 0.6 is 0 Å². The summed E-state index contributed by atoms with van der Waals surface area (Å²) in [6, 6.07) is 16.2. The molecule has 0 fully saturated rings. The minimum atomic E-state index is -3.67. The molecule has 3 aromatic rings. The van der Waals surface area contributed by atoms with Gasteiger partial charge in [-0.3, -0.25) is 4.79 Å². The first-order valence-electron chi connectivity index (χ1n) is 8.63. The molecule has 2 aromatic carbocycles. The molecule has 0 aliphatic carbocycles. The summed E-state index contributed by atoms with van der Waals surface area (Å²) in [5.41, 5.74) is 0. The van der Waals surface area contributed by atoms with Gasteiger partial charge in [0, 0.05) is 20.0 Å². The summed E-state index contributed by atoms with van der Waals surface area (Å²) < 4.78 is 32.9. The van der Waals surface area contributed by atoms with E-state index in [-0.39, 0.29) is 23.8 Å². The SMILES string of the molecule is Cc1ccc(CN(C)C(=O)CCNS(=O)(=O)c2ccc3ccccc3c2)o1. The van der Waals surface area contributed by atoms with Crippen LogP contribution in [0, 0.1) is 6.92 Å². The van der Waals surface area contributed by atoms with E-state index < -0.39 is 10.0 Å². The third-order valence-corrected chi connectivity index (χ3v) is 5.74. The maximum atomic E-state index is 12.5. The Hall–Kier alpha value is -2.64. The van der Waals surface area contributed by atoms with E-state index in [9.17, 15) is 13.2 Å². The van der Waals surface area contributed by atoms with Crippen LogP contribution < -0.4 is 4.72 Å². The number of carbonyl (C=O) groups is 1. The Morgan fingerprint density at radius 2 is 1.81 bits per heavy atom. The molecular weight excluding hydrogens is 364 g/mol. The minimum Gasteiger partial charge on any atom is -0.464 e. The smallest absolute Gasteiger partial charge is 0.240 e. The molecular formula is C20H22N2O4S. The lowest BCUT2D eigenvalue weighted by atomic mass is 10.1. The standard InChI is InChI=1S/C20H22N2O4S/c1-15-7-9-18(26-15)14-22(2)20(23)11-12-21-27(24,25)19-10-8-16-5-3-4-6-17(16)13-19/h3-10,13,21H,11-12,14H2,1-2H3. The van der Waals surface area contributed by atoms with E-state index >= 15 is 0 Å². The molecule has 3 rings (SSSR count). The average molecular weight is 386 g/mol. The fourth-order valence-electron chi connectivity index (χ4n) is 2.79. The van der Waals surface area contributed by atoms with Crippen molar-refractivity contribution in [2.45, 2.75) is 24.8 Å². The highest BCUT2D eigenvalue weighted by molar-refractivity contribution is 7.89. The number of sulfonamides is 1. The van der Waals surface area contributed by atoms with E-state index in [1.54, 1.807) is 25.2 Å². The first kappa shape index (κ1) is 19.1. The van der Waals surface area contributed by atoms with Gasteiger partial charge < -0.3 is 9.32 Å². The van der Waals surface area contributed by atoms with Crippen LogP contribution in [0.25, 0.3) is 10.8 Å². The van der Waals surface area contributed by atoms with Gasteiger partial charge in [0.05, 0.1) is 11.4 Å². The van der Waals surface area contributed by atoms with Crippen molar-refractivity contribution in [1.82, 2.24) is 9.62 Å². The highest BCUT2D eigenvalue weighted by atomic mass is 32.2. The van der Waals surface area contributed by atoms with Crippen molar-refractivity contribution in [1.29, 1.82) is 0 Å². The van der Waals surface area contributed by atoms with Crippen LogP contribution in [0.3, 0.4) is 0 Å². The highest BCUT2D eigenvalue weighted by Crippen LogP contribution is 2.18. The number of nitrogens with one attached hydrogen (secondary N) is 1. The second-order valence-corrected chi connectivity index (χ2v) is 8.19. The number of benzene rings is 2. The summed E-state index contributed by atoms with van der Waals surface area (Å²) in [4.78, 5) is 13.9. The zero-order valence-corrected chi connectivity index (χ0v) is 16.1. The Bertz CT molecular complexity index is 1060. The lowest BCUT2D eigenvalue weighted by Crippen LogP contribution is -2.31. The number of rotatable bonds is 7. The Labute approximate surface area is 158 Å². The molecule has 0 saturated carbocycles. The van der Waals surface area contributed by atoms with Crippen molar-refractivity contribution in [2.24, 2.45) is 0 Å². The predicted molar refractivity (Wildman–Crippen MR) is 104 cm³/mol. The van der Waals surface area contributed by atoms with Crippen LogP contribution in [-0.4, -0.2) is 32.8 Å². The molecule has 1 aromatic heterocycles. The molecule has 27 heavy (non-hydrogen) atoms. The summed E-state index contributed by atoms with van der Waals surface area (Å²) in [5, 5.41) is 1.83. The maximum Gasteiger partial charge on any atom is 0.240 e. The van der Waals surface area contributed by atoms with Gasteiger partial charge in [-0.25, -0.2) is 13.1 Å². The summed E-state index contributed by atoms with van der Waals surface area (Å²) >= 11 is 0.